The highest BCUT2D eigenvalue weighted by Gasteiger charge is 2.19. The van der Waals surface area contributed by atoms with Gasteiger partial charge in [-0.05, 0) is 6.07 Å². The van der Waals surface area contributed by atoms with Crippen molar-refractivity contribution in [3.63, 3.8) is 0 Å². The number of aliphatic carboxylic acids is 1. The van der Waals surface area contributed by atoms with E-state index >= 15 is 0 Å². The number of aromatic nitrogens is 1. The highest BCUT2D eigenvalue weighted by Crippen LogP contribution is 1.97. The van der Waals surface area contributed by atoms with Crippen molar-refractivity contribution in [1.29, 1.82) is 0 Å². The predicted molar refractivity (Wildman–Crippen MR) is 57.7 cm³/mol. The van der Waals surface area contributed by atoms with E-state index in [4.69, 9.17) is 10.2 Å². The number of hydrogen-bond acceptors (Lipinski definition) is 4. The molecular weight excluding hydrogens is 228 g/mol. The van der Waals surface area contributed by atoms with Gasteiger partial charge in [0.15, 0.2) is 0 Å². The maximum absolute atomic E-state index is 11.6. The van der Waals surface area contributed by atoms with Crippen LogP contribution in [0.3, 0.4) is 0 Å². The highest BCUT2D eigenvalue weighted by atomic mass is 16.4. The van der Waals surface area contributed by atoms with Gasteiger partial charge in [-0.1, -0.05) is 0 Å². The summed E-state index contributed by atoms with van der Waals surface area (Å²) in [5, 5.41) is 19.6. The zero-order valence-electron chi connectivity index (χ0n) is 8.84. The molecule has 0 fully saturated rings. The zero-order valence-corrected chi connectivity index (χ0v) is 8.84. The van der Waals surface area contributed by atoms with Crippen LogP contribution in [-0.4, -0.2) is 39.7 Å². The Morgan fingerprint density at radius 3 is 2.59 bits per heavy atom. The minimum Gasteiger partial charge on any atom is -0.480 e. The molecule has 1 aromatic heterocycles. The molecule has 1 rings (SSSR count). The molecule has 0 unspecified atom stereocenters. The third kappa shape index (κ3) is 3.72. The molecule has 4 N–H and O–H groups in total. The van der Waals surface area contributed by atoms with Crippen LogP contribution in [0.2, 0.25) is 0 Å². The molecule has 0 radical (unpaired) electrons. The maximum atomic E-state index is 11.6. The molecule has 0 spiro atoms. The molecule has 17 heavy (non-hydrogen) atoms. The van der Waals surface area contributed by atoms with Gasteiger partial charge < -0.3 is 20.5 Å². The number of hydrogen-bond donors (Lipinski definition) is 4. The number of H-pyrrole nitrogens is 1. The van der Waals surface area contributed by atoms with Gasteiger partial charge >= 0.3 is 5.97 Å². The minimum atomic E-state index is -1.23. The van der Waals surface area contributed by atoms with Crippen LogP contribution in [0, 0.1) is 0 Å². The fourth-order valence-corrected chi connectivity index (χ4v) is 1.18. The summed E-state index contributed by atoms with van der Waals surface area (Å²) < 4.78 is 0. The van der Waals surface area contributed by atoms with Crippen LogP contribution < -0.4 is 10.9 Å². The van der Waals surface area contributed by atoms with Crippen LogP contribution in [-0.2, 0) is 4.79 Å². The molecule has 7 heteroatoms. The Hall–Kier alpha value is -2.15. The summed E-state index contributed by atoms with van der Waals surface area (Å²) in [7, 11) is 0. The summed E-state index contributed by atoms with van der Waals surface area (Å²) in [6.45, 7) is -0.344. The molecule has 0 aliphatic heterocycles. The highest BCUT2D eigenvalue weighted by molar-refractivity contribution is 5.96. The van der Waals surface area contributed by atoms with Gasteiger partial charge in [0.1, 0.15) is 6.04 Å². The van der Waals surface area contributed by atoms with Crippen molar-refractivity contribution >= 4 is 11.9 Å². The van der Waals surface area contributed by atoms with Crippen molar-refractivity contribution in [2.24, 2.45) is 0 Å². The number of carbonyl (C=O) groups excluding carboxylic acids is 1. The lowest BCUT2D eigenvalue weighted by Gasteiger charge is -2.12. The number of aromatic amines is 1. The van der Waals surface area contributed by atoms with Crippen molar-refractivity contribution in [3.8, 4) is 0 Å². The summed E-state index contributed by atoms with van der Waals surface area (Å²) >= 11 is 0. The van der Waals surface area contributed by atoms with E-state index in [2.05, 4.69) is 10.3 Å². The van der Waals surface area contributed by atoms with Gasteiger partial charge in [-0.2, -0.15) is 0 Å². The minimum absolute atomic E-state index is 0.0789. The Morgan fingerprint density at radius 2 is 2.12 bits per heavy atom. The van der Waals surface area contributed by atoms with E-state index < -0.39 is 17.9 Å². The van der Waals surface area contributed by atoms with Gasteiger partial charge in [0, 0.05) is 25.3 Å². The van der Waals surface area contributed by atoms with Crippen LogP contribution in [0.25, 0.3) is 0 Å². The molecule has 0 bridgehead atoms. The number of rotatable bonds is 5. The van der Waals surface area contributed by atoms with E-state index in [9.17, 15) is 14.4 Å². The standard InChI is InChI=1S/C10H12N2O5/c13-4-3-7(10(16)17)12-9(15)6-1-2-8(14)11-5-6/h1-2,5,7,13H,3-4H2,(H,11,14)(H,12,15)(H,16,17)/t7-/m0/s1. The second-order valence-electron chi connectivity index (χ2n) is 3.32. The lowest BCUT2D eigenvalue weighted by atomic mass is 10.2. The number of aliphatic hydroxyl groups is 1. The molecule has 0 saturated carbocycles. The van der Waals surface area contributed by atoms with Gasteiger partial charge in [-0.25, -0.2) is 4.79 Å². The van der Waals surface area contributed by atoms with Gasteiger partial charge in [0.25, 0.3) is 5.91 Å². The molecule has 1 amide bonds. The van der Waals surface area contributed by atoms with E-state index in [1.807, 2.05) is 0 Å². The molecule has 0 aromatic carbocycles. The second-order valence-corrected chi connectivity index (χ2v) is 3.32. The topological polar surface area (TPSA) is 119 Å². The Bertz CT molecular complexity index is 448. The third-order valence-electron chi connectivity index (χ3n) is 2.07. The van der Waals surface area contributed by atoms with Crippen LogP contribution in [0.15, 0.2) is 23.1 Å². The van der Waals surface area contributed by atoms with Crippen molar-refractivity contribution in [1.82, 2.24) is 10.3 Å². The van der Waals surface area contributed by atoms with Crippen LogP contribution in [0.4, 0.5) is 0 Å². The van der Waals surface area contributed by atoms with Gasteiger partial charge in [0.2, 0.25) is 5.56 Å². The van der Waals surface area contributed by atoms with E-state index in [1.54, 1.807) is 0 Å². The Labute approximate surface area is 96.1 Å². The molecule has 1 heterocycles. The number of pyridine rings is 1. The Morgan fingerprint density at radius 1 is 1.41 bits per heavy atom. The molecule has 7 nitrogen and oxygen atoms in total. The van der Waals surface area contributed by atoms with Crippen LogP contribution in [0.5, 0.6) is 0 Å². The van der Waals surface area contributed by atoms with E-state index in [-0.39, 0.29) is 24.2 Å². The first kappa shape index (κ1) is 12.9. The molecule has 0 saturated heterocycles. The predicted octanol–water partition coefficient (Wildman–Crippen LogP) is -1.06. The normalized spacial score (nSPS) is 11.8. The number of amides is 1. The van der Waals surface area contributed by atoms with E-state index in [1.165, 1.54) is 12.3 Å². The first-order valence-corrected chi connectivity index (χ1v) is 4.88. The summed E-state index contributed by atoms with van der Waals surface area (Å²) in [6.07, 6.45) is 1.11. The van der Waals surface area contributed by atoms with Crippen LogP contribution in [0.1, 0.15) is 16.8 Å². The maximum Gasteiger partial charge on any atom is 0.326 e. The van der Waals surface area contributed by atoms with Crippen LogP contribution >= 0.6 is 0 Å². The zero-order chi connectivity index (χ0) is 12.8. The lowest BCUT2D eigenvalue weighted by molar-refractivity contribution is -0.139. The van der Waals surface area contributed by atoms with Crippen molar-refractivity contribution in [2.75, 3.05) is 6.61 Å². The van der Waals surface area contributed by atoms with Gasteiger partial charge in [-0.3, -0.25) is 9.59 Å². The second kappa shape index (κ2) is 5.80. The number of aliphatic hydroxyl groups excluding tert-OH is 1. The summed E-state index contributed by atoms with van der Waals surface area (Å²) in [6, 6.07) is 1.29. The number of carboxylic acid groups (broad SMARTS) is 1. The quantitative estimate of drug-likeness (QED) is 0.523. The van der Waals surface area contributed by atoms with Crippen molar-refractivity contribution in [2.45, 2.75) is 12.5 Å². The molecule has 92 valence electrons. The smallest absolute Gasteiger partial charge is 0.326 e. The SMILES string of the molecule is O=C(N[C@@H](CCO)C(=O)O)c1ccc(=O)[nH]c1. The average molecular weight is 240 g/mol. The number of nitrogens with one attached hydrogen (secondary N) is 2. The summed E-state index contributed by atoms with van der Waals surface area (Å²) in [4.78, 5) is 35.4. The van der Waals surface area contributed by atoms with Crippen molar-refractivity contribution in [3.05, 3.63) is 34.2 Å². The molecule has 0 aliphatic carbocycles. The van der Waals surface area contributed by atoms with Gasteiger partial charge in [-0.15, -0.1) is 0 Å². The largest absolute Gasteiger partial charge is 0.480 e. The fraction of sp³-hybridized carbons (Fsp3) is 0.300. The number of carbonyl (C=O) groups is 2. The van der Waals surface area contributed by atoms with Gasteiger partial charge in [0.05, 0.1) is 5.56 Å². The van der Waals surface area contributed by atoms with E-state index in [0.717, 1.165) is 6.07 Å². The lowest BCUT2D eigenvalue weighted by Crippen LogP contribution is -2.41. The van der Waals surface area contributed by atoms with Crippen molar-refractivity contribution < 1.29 is 19.8 Å². The molecule has 1 atom stereocenters. The Balaban J connectivity index is 2.73. The monoisotopic (exact) mass is 240 g/mol. The third-order valence-corrected chi connectivity index (χ3v) is 2.07. The first-order valence-electron chi connectivity index (χ1n) is 4.88. The number of carboxylic acids is 1. The summed E-state index contributed by atoms with van der Waals surface area (Å²) in [5.41, 5.74) is -0.208. The first-order chi connectivity index (χ1) is 8.04. The Kier molecular flexibility index (Phi) is 4.41. The average Bonchev–Trinajstić information content (AvgIpc) is 2.29. The fourth-order valence-electron chi connectivity index (χ4n) is 1.18. The molecular formula is C10H12N2O5. The molecule has 0 aliphatic rings. The summed E-state index contributed by atoms with van der Waals surface area (Å²) in [5.74, 6) is -1.85. The van der Waals surface area contributed by atoms with E-state index in [0.29, 0.717) is 0 Å². The molecule has 1 aromatic rings.